The van der Waals surface area contributed by atoms with E-state index in [1.54, 1.807) is 11.8 Å². The summed E-state index contributed by atoms with van der Waals surface area (Å²) in [5.41, 5.74) is 1.34. The molecular formula is C21H29NO4. The van der Waals surface area contributed by atoms with Crippen molar-refractivity contribution in [1.29, 1.82) is 0 Å². The van der Waals surface area contributed by atoms with Gasteiger partial charge in [-0.25, -0.2) is 4.79 Å². The van der Waals surface area contributed by atoms with Crippen LogP contribution in [0.4, 0.5) is 4.79 Å². The fourth-order valence-corrected chi connectivity index (χ4v) is 3.10. The summed E-state index contributed by atoms with van der Waals surface area (Å²) >= 11 is 0. The predicted molar refractivity (Wildman–Crippen MR) is 102 cm³/mol. The number of esters is 1. The minimum Gasteiger partial charge on any atom is -0.466 e. The van der Waals surface area contributed by atoms with Crippen LogP contribution in [0.15, 0.2) is 35.9 Å². The second-order valence-electron chi connectivity index (χ2n) is 7.44. The highest BCUT2D eigenvalue weighted by Gasteiger charge is 2.35. The molecule has 0 bridgehead atoms. The third-order valence-electron chi connectivity index (χ3n) is 4.11. The lowest BCUT2D eigenvalue weighted by atomic mass is 9.98. The molecule has 1 atom stereocenters. The SMILES string of the molecule is CCOC(=O)C/C(=C\c1ccccc1)C1CCCN1C(=O)OC(C)(C)C. The van der Waals surface area contributed by atoms with Gasteiger partial charge in [-0.2, -0.15) is 0 Å². The van der Waals surface area contributed by atoms with Crippen molar-refractivity contribution in [1.82, 2.24) is 4.90 Å². The number of nitrogens with zero attached hydrogens (tertiary/aromatic N) is 1. The summed E-state index contributed by atoms with van der Waals surface area (Å²) in [6.45, 7) is 8.34. The molecule has 0 radical (unpaired) electrons. The summed E-state index contributed by atoms with van der Waals surface area (Å²) in [6.07, 6.45) is 3.54. The Morgan fingerprint density at radius 1 is 1.23 bits per heavy atom. The Balaban J connectivity index is 2.26. The first-order valence-electron chi connectivity index (χ1n) is 9.21. The molecule has 1 fully saturated rings. The maximum absolute atomic E-state index is 12.6. The molecular weight excluding hydrogens is 330 g/mol. The van der Waals surface area contributed by atoms with Gasteiger partial charge in [-0.05, 0) is 51.7 Å². The van der Waals surface area contributed by atoms with Crippen molar-refractivity contribution in [2.45, 2.75) is 58.6 Å². The molecule has 0 aromatic heterocycles. The van der Waals surface area contributed by atoms with E-state index >= 15 is 0 Å². The first-order chi connectivity index (χ1) is 12.3. The minimum atomic E-state index is -0.547. The van der Waals surface area contributed by atoms with Gasteiger partial charge in [0.2, 0.25) is 0 Å². The lowest BCUT2D eigenvalue weighted by Crippen LogP contribution is -2.41. The van der Waals surface area contributed by atoms with Gasteiger partial charge in [0.1, 0.15) is 5.60 Å². The lowest BCUT2D eigenvalue weighted by Gasteiger charge is -2.30. The second-order valence-corrected chi connectivity index (χ2v) is 7.44. The number of hydrogen-bond acceptors (Lipinski definition) is 4. The lowest BCUT2D eigenvalue weighted by molar-refractivity contribution is -0.142. The summed E-state index contributed by atoms with van der Waals surface area (Å²) in [6, 6.07) is 9.68. The van der Waals surface area contributed by atoms with E-state index in [0.717, 1.165) is 24.0 Å². The second kappa shape index (κ2) is 8.88. The fraction of sp³-hybridized carbons (Fsp3) is 0.524. The maximum Gasteiger partial charge on any atom is 0.410 e. The zero-order valence-corrected chi connectivity index (χ0v) is 16.2. The summed E-state index contributed by atoms with van der Waals surface area (Å²) in [5.74, 6) is -0.272. The Kier molecular flexibility index (Phi) is 6.83. The van der Waals surface area contributed by atoms with Crippen LogP contribution < -0.4 is 0 Å². The van der Waals surface area contributed by atoms with Gasteiger partial charge in [-0.1, -0.05) is 36.4 Å². The summed E-state index contributed by atoms with van der Waals surface area (Å²) in [5, 5.41) is 0. The Morgan fingerprint density at radius 2 is 1.92 bits per heavy atom. The molecule has 1 amide bonds. The van der Waals surface area contributed by atoms with Crippen molar-refractivity contribution in [2.24, 2.45) is 0 Å². The van der Waals surface area contributed by atoms with E-state index in [1.165, 1.54) is 0 Å². The number of rotatable bonds is 5. The van der Waals surface area contributed by atoms with Crippen molar-refractivity contribution in [2.75, 3.05) is 13.2 Å². The summed E-state index contributed by atoms with van der Waals surface area (Å²) in [4.78, 5) is 26.4. The topological polar surface area (TPSA) is 55.8 Å². The molecule has 2 rings (SSSR count). The van der Waals surface area contributed by atoms with E-state index in [-0.39, 0.29) is 24.5 Å². The number of carbonyl (C=O) groups excluding carboxylic acids is 2. The first kappa shape index (κ1) is 20.0. The van der Waals surface area contributed by atoms with Gasteiger partial charge in [0, 0.05) is 6.54 Å². The van der Waals surface area contributed by atoms with Crippen LogP contribution in [0, 0.1) is 0 Å². The number of ether oxygens (including phenoxy) is 2. The van der Waals surface area contributed by atoms with Crippen LogP contribution in [0.2, 0.25) is 0 Å². The highest BCUT2D eigenvalue weighted by molar-refractivity contribution is 5.77. The number of benzene rings is 1. The van der Waals surface area contributed by atoms with Gasteiger partial charge in [-0.3, -0.25) is 4.79 Å². The molecule has 1 saturated heterocycles. The molecule has 0 saturated carbocycles. The molecule has 5 heteroatoms. The number of carbonyl (C=O) groups is 2. The van der Waals surface area contributed by atoms with Crippen LogP contribution in [0.3, 0.4) is 0 Å². The van der Waals surface area contributed by atoms with Crippen molar-refractivity contribution < 1.29 is 19.1 Å². The molecule has 1 aliphatic heterocycles. The largest absolute Gasteiger partial charge is 0.466 e. The highest BCUT2D eigenvalue weighted by atomic mass is 16.6. The van der Waals surface area contributed by atoms with Crippen LogP contribution in [0.1, 0.15) is 52.5 Å². The Labute approximate surface area is 156 Å². The average molecular weight is 359 g/mol. The Morgan fingerprint density at radius 3 is 2.54 bits per heavy atom. The molecule has 1 unspecified atom stereocenters. The zero-order chi connectivity index (χ0) is 19.2. The molecule has 5 nitrogen and oxygen atoms in total. The predicted octanol–water partition coefficient (Wildman–Crippen LogP) is 4.42. The zero-order valence-electron chi connectivity index (χ0n) is 16.2. The van der Waals surface area contributed by atoms with Crippen molar-refractivity contribution in [3.63, 3.8) is 0 Å². The van der Waals surface area contributed by atoms with Crippen LogP contribution in [0.25, 0.3) is 6.08 Å². The van der Waals surface area contributed by atoms with Gasteiger partial charge < -0.3 is 14.4 Å². The third kappa shape index (κ3) is 5.90. The first-order valence-corrected chi connectivity index (χ1v) is 9.21. The van der Waals surface area contributed by atoms with Crippen LogP contribution in [-0.4, -0.2) is 41.8 Å². The normalized spacial score (nSPS) is 17.9. The molecule has 1 aromatic carbocycles. The molecule has 142 valence electrons. The molecule has 0 spiro atoms. The van der Waals surface area contributed by atoms with Crippen LogP contribution in [0.5, 0.6) is 0 Å². The summed E-state index contributed by atoms with van der Waals surface area (Å²) in [7, 11) is 0. The standard InChI is InChI=1S/C21H29NO4/c1-5-25-19(23)15-17(14-16-10-7-6-8-11-16)18-12-9-13-22(18)20(24)26-21(2,3)4/h6-8,10-11,14,18H,5,9,12-13,15H2,1-4H3/b17-14+. The minimum absolute atomic E-state index is 0.144. The monoisotopic (exact) mass is 359 g/mol. The van der Waals surface area contributed by atoms with Gasteiger partial charge in [-0.15, -0.1) is 0 Å². The van der Waals surface area contributed by atoms with E-state index in [1.807, 2.05) is 57.2 Å². The van der Waals surface area contributed by atoms with E-state index < -0.39 is 5.60 Å². The maximum atomic E-state index is 12.6. The molecule has 0 N–H and O–H groups in total. The van der Waals surface area contributed by atoms with Gasteiger partial charge in [0.15, 0.2) is 0 Å². The van der Waals surface area contributed by atoms with Crippen LogP contribution >= 0.6 is 0 Å². The van der Waals surface area contributed by atoms with Crippen LogP contribution in [-0.2, 0) is 14.3 Å². The molecule has 1 aliphatic rings. The van der Waals surface area contributed by atoms with Gasteiger partial charge in [0.05, 0.1) is 19.1 Å². The fourth-order valence-electron chi connectivity index (χ4n) is 3.10. The van der Waals surface area contributed by atoms with E-state index in [4.69, 9.17) is 9.47 Å². The molecule has 1 aromatic rings. The van der Waals surface area contributed by atoms with E-state index in [9.17, 15) is 9.59 Å². The molecule has 26 heavy (non-hydrogen) atoms. The van der Waals surface area contributed by atoms with Crippen molar-refractivity contribution in [3.05, 3.63) is 41.5 Å². The number of likely N-dealkylation sites (tertiary alicyclic amines) is 1. The van der Waals surface area contributed by atoms with E-state index in [0.29, 0.717) is 13.2 Å². The third-order valence-corrected chi connectivity index (χ3v) is 4.11. The number of amides is 1. The Hall–Kier alpha value is -2.30. The Bertz CT molecular complexity index is 646. The highest BCUT2D eigenvalue weighted by Crippen LogP contribution is 2.29. The average Bonchev–Trinajstić information content (AvgIpc) is 3.03. The van der Waals surface area contributed by atoms with Crippen molar-refractivity contribution >= 4 is 18.1 Å². The summed E-state index contributed by atoms with van der Waals surface area (Å²) < 4.78 is 10.7. The quantitative estimate of drug-likeness (QED) is 0.730. The van der Waals surface area contributed by atoms with E-state index in [2.05, 4.69) is 0 Å². The number of hydrogen-bond donors (Lipinski definition) is 0. The van der Waals surface area contributed by atoms with Crippen molar-refractivity contribution in [3.8, 4) is 0 Å². The van der Waals surface area contributed by atoms with Gasteiger partial charge >= 0.3 is 12.1 Å². The molecule has 0 aliphatic carbocycles. The molecule has 1 heterocycles. The smallest absolute Gasteiger partial charge is 0.410 e. The van der Waals surface area contributed by atoms with Gasteiger partial charge in [0.25, 0.3) is 0 Å².